The van der Waals surface area contributed by atoms with E-state index < -0.39 is 0 Å². The van der Waals surface area contributed by atoms with Gasteiger partial charge in [-0.25, -0.2) is 4.79 Å². The minimum absolute atomic E-state index is 0.0150. The standard InChI is InChI=1S/C22H27N3O2/c1-16-6-3-4-7-20(16)15-25-11-10-18(14-25)13-23-22(27)24-21-9-5-8-19(12-21)17(2)26/h3-9,12,18H,10-11,13-15H2,1-2H3,(H2,23,24,27). The second-order valence-electron chi connectivity index (χ2n) is 7.29. The van der Waals surface area contributed by atoms with Crippen molar-refractivity contribution in [2.24, 2.45) is 5.92 Å². The van der Waals surface area contributed by atoms with Crippen molar-refractivity contribution < 1.29 is 9.59 Å². The molecule has 3 rings (SSSR count). The maximum Gasteiger partial charge on any atom is 0.319 e. The van der Waals surface area contributed by atoms with Gasteiger partial charge in [0.2, 0.25) is 0 Å². The molecule has 0 aliphatic carbocycles. The van der Waals surface area contributed by atoms with Gasteiger partial charge in [-0.1, -0.05) is 36.4 Å². The highest BCUT2D eigenvalue weighted by atomic mass is 16.2. The van der Waals surface area contributed by atoms with Crippen LogP contribution in [0.5, 0.6) is 0 Å². The van der Waals surface area contributed by atoms with Crippen LogP contribution in [0.4, 0.5) is 10.5 Å². The first kappa shape index (κ1) is 19.1. The molecule has 0 bridgehead atoms. The normalized spacial score (nSPS) is 16.9. The summed E-state index contributed by atoms with van der Waals surface area (Å²) in [5.41, 5.74) is 3.92. The fourth-order valence-electron chi connectivity index (χ4n) is 3.48. The zero-order valence-electron chi connectivity index (χ0n) is 16.0. The molecular formula is C22H27N3O2. The number of likely N-dealkylation sites (tertiary alicyclic amines) is 1. The van der Waals surface area contributed by atoms with E-state index in [4.69, 9.17) is 0 Å². The molecular weight excluding hydrogens is 338 g/mol. The summed E-state index contributed by atoms with van der Waals surface area (Å²) >= 11 is 0. The molecule has 0 saturated carbocycles. The van der Waals surface area contributed by atoms with Gasteiger partial charge < -0.3 is 10.6 Å². The van der Waals surface area contributed by atoms with E-state index in [0.717, 1.165) is 26.1 Å². The predicted molar refractivity (Wildman–Crippen MR) is 108 cm³/mol. The number of aryl methyl sites for hydroxylation is 1. The Kier molecular flexibility index (Phi) is 6.24. The lowest BCUT2D eigenvalue weighted by molar-refractivity contribution is 0.101. The molecule has 0 aromatic heterocycles. The number of anilines is 1. The van der Waals surface area contributed by atoms with Crippen LogP contribution in [-0.4, -0.2) is 36.3 Å². The van der Waals surface area contributed by atoms with Crippen molar-refractivity contribution in [2.75, 3.05) is 25.0 Å². The van der Waals surface area contributed by atoms with E-state index in [0.29, 0.717) is 23.7 Å². The van der Waals surface area contributed by atoms with Crippen LogP contribution in [0, 0.1) is 12.8 Å². The van der Waals surface area contributed by atoms with Gasteiger partial charge in [0.25, 0.3) is 0 Å². The predicted octanol–water partition coefficient (Wildman–Crippen LogP) is 3.84. The Morgan fingerprint density at radius 3 is 2.74 bits per heavy atom. The Morgan fingerprint density at radius 2 is 1.96 bits per heavy atom. The molecule has 2 aromatic rings. The summed E-state index contributed by atoms with van der Waals surface area (Å²) in [6, 6.07) is 15.3. The Hall–Kier alpha value is -2.66. The summed E-state index contributed by atoms with van der Waals surface area (Å²) in [5, 5.41) is 5.76. The van der Waals surface area contributed by atoms with Gasteiger partial charge in [0.1, 0.15) is 0 Å². The van der Waals surface area contributed by atoms with Gasteiger partial charge in [0.15, 0.2) is 5.78 Å². The molecule has 142 valence electrons. The number of amides is 2. The molecule has 1 aliphatic heterocycles. The zero-order chi connectivity index (χ0) is 19.2. The molecule has 1 saturated heterocycles. The number of nitrogens with zero attached hydrogens (tertiary/aromatic N) is 1. The molecule has 2 amide bonds. The van der Waals surface area contributed by atoms with E-state index >= 15 is 0 Å². The summed E-state index contributed by atoms with van der Waals surface area (Å²) in [6.45, 7) is 7.34. The van der Waals surface area contributed by atoms with Gasteiger partial charge in [-0.05, 0) is 56.0 Å². The van der Waals surface area contributed by atoms with Gasteiger partial charge in [-0.15, -0.1) is 0 Å². The van der Waals surface area contributed by atoms with Crippen molar-refractivity contribution in [2.45, 2.75) is 26.8 Å². The molecule has 2 aromatic carbocycles. The van der Waals surface area contributed by atoms with Gasteiger partial charge in [-0.3, -0.25) is 9.69 Å². The number of hydrogen-bond donors (Lipinski definition) is 2. The van der Waals surface area contributed by atoms with Gasteiger partial charge in [0, 0.05) is 30.9 Å². The zero-order valence-corrected chi connectivity index (χ0v) is 16.0. The second-order valence-corrected chi connectivity index (χ2v) is 7.29. The Balaban J connectivity index is 1.44. The number of hydrogen-bond acceptors (Lipinski definition) is 3. The number of benzene rings is 2. The van der Waals surface area contributed by atoms with E-state index in [2.05, 4.69) is 46.7 Å². The molecule has 2 N–H and O–H groups in total. The Bertz CT molecular complexity index is 819. The summed E-state index contributed by atoms with van der Waals surface area (Å²) in [6.07, 6.45) is 1.09. The van der Waals surface area contributed by atoms with Crippen molar-refractivity contribution in [3.63, 3.8) is 0 Å². The van der Waals surface area contributed by atoms with E-state index in [1.54, 1.807) is 24.3 Å². The summed E-state index contributed by atoms with van der Waals surface area (Å²) in [7, 11) is 0. The van der Waals surface area contributed by atoms with Crippen molar-refractivity contribution in [3.8, 4) is 0 Å². The minimum Gasteiger partial charge on any atom is -0.338 e. The second kappa shape index (κ2) is 8.82. The molecule has 0 spiro atoms. The maximum absolute atomic E-state index is 12.1. The number of Topliss-reactive ketones (excluding diaryl/α,β-unsaturated/α-hetero) is 1. The third-order valence-corrected chi connectivity index (χ3v) is 5.10. The molecule has 0 radical (unpaired) electrons. The SMILES string of the molecule is CC(=O)c1cccc(NC(=O)NCC2CCN(Cc3ccccc3C)C2)c1. The molecule has 1 atom stereocenters. The highest BCUT2D eigenvalue weighted by molar-refractivity contribution is 5.96. The fourth-order valence-corrected chi connectivity index (χ4v) is 3.48. The van der Waals surface area contributed by atoms with Gasteiger partial charge in [0.05, 0.1) is 0 Å². The monoisotopic (exact) mass is 365 g/mol. The van der Waals surface area contributed by atoms with Crippen LogP contribution in [-0.2, 0) is 6.54 Å². The largest absolute Gasteiger partial charge is 0.338 e. The number of ketones is 1. The first-order chi connectivity index (χ1) is 13.0. The molecule has 27 heavy (non-hydrogen) atoms. The van der Waals surface area contributed by atoms with Crippen LogP contribution in [0.2, 0.25) is 0 Å². The number of nitrogens with one attached hydrogen (secondary N) is 2. The summed E-state index contributed by atoms with van der Waals surface area (Å²) in [5.74, 6) is 0.446. The van der Waals surface area contributed by atoms with E-state index in [1.807, 2.05) is 0 Å². The third-order valence-electron chi connectivity index (χ3n) is 5.10. The van der Waals surface area contributed by atoms with Crippen LogP contribution >= 0.6 is 0 Å². The lowest BCUT2D eigenvalue weighted by Crippen LogP contribution is -2.34. The minimum atomic E-state index is -0.229. The van der Waals surface area contributed by atoms with E-state index in [9.17, 15) is 9.59 Å². The first-order valence-electron chi connectivity index (χ1n) is 9.44. The molecule has 1 heterocycles. The van der Waals surface area contributed by atoms with Crippen LogP contribution in [0.25, 0.3) is 0 Å². The van der Waals surface area contributed by atoms with E-state index in [1.165, 1.54) is 18.1 Å². The highest BCUT2D eigenvalue weighted by Gasteiger charge is 2.23. The van der Waals surface area contributed by atoms with Gasteiger partial charge in [-0.2, -0.15) is 0 Å². The van der Waals surface area contributed by atoms with Crippen molar-refractivity contribution in [1.29, 1.82) is 0 Å². The van der Waals surface area contributed by atoms with Crippen molar-refractivity contribution in [3.05, 3.63) is 65.2 Å². The molecule has 5 heteroatoms. The first-order valence-corrected chi connectivity index (χ1v) is 9.44. The van der Waals surface area contributed by atoms with Crippen molar-refractivity contribution in [1.82, 2.24) is 10.2 Å². The highest BCUT2D eigenvalue weighted by Crippen LogP contribution is 2.19. The number of carbonyl (C=O) groups is 2. The topological polar surface area (TPSA) is 61.4 Å². The Morgan fingerprint density at radius 1 is 1.15 bits per heavy atom. The lowest BCUT2D eigenvalue weighted by atomic mass is 10.1. The van der Waals surface area contributed by atoms with Crippen LogP contribution in [0.1, 0.15) is 34.8 Å². The lowest BCUT2D eigenvalue weighted by Gasteiger charge is -2.18. The number of rotatable bonds is 6. The quantitative estimate of drug-likeness (QED) is 0.765. The summed E-state index contributed by atoms with van der Waals surface area (Å²) in [4.78, 5) is 26.0. The van der Waals surface area contributed by atoms with Crippen molar-refractivity contribution >= 4 is 17.5 Å². The number of urea groups is 1. The van der Waals surface area contributed by atoms with Crippen LogP contribution < -0.4 is 10.6 Å². The molecule has 1 aliphatic rings. The summed E-state index contributed by atoms with van der Waals surface area (Å²) < 4.78 is 0. The van der Waals surface area contributed by atoms with Crippen LogP contribution in [0.3, 0.4) is 0 Å². The average Bonchev–Trinajstić information content (AvgIpc) is 3.10. The molecule has 1 unspecified atom stereocenters. The fraction of sp³-hybridized carbons (Fsp3) is 0.364. The Labute approximate surface area is 160 Å². The average molecular weight is 365 g/mol. The van der Waals surface area contributed by atoms with Crippen LogP contribution in [0.15, 0.2) is 48.5 Å². The number of carbonyl (C=O) groups excluding carboxylic acids is 2. The molecule has 1 fully saturated rings. The van der Waals surface area contributed by atoms with Gasteiger partial charge >= 0.3 is 6.03 Å². The smallest absolute Gasteiger partial charge is 0.319 e. The maximum atomic E-state index is 12.1. The third kappa shape index (κ3) is 5.41. The molecule has 5 nitrogen and oxygen atoms in total. The van der Waals surface area contributed by atoms with E-state index in [-0.39, 0.29) is 11.8 Å².